The minimum atomic E-state index is 0.420. The lowest BCUT2D eigenvalue weighted by molar-refractivity contribution is 0.230. The SMILES string of the molecule is Cc1cc(Nc2nc(NC3CC4CCCC(C3)N4)nc3ccccc23)n[nH]1. The Balaban J connectivity index is 1.44. The lowest BCUT2D eigenvalue weighted by Gasteiger charge is -2.40. The number of rotatable bonds is 4. The molecule has 1 aromatic carbocycles. The predicted molar refractivity (Wildman–Crippen MR) is 107 cm³/mol. The van der Waals surface area contributed by atoms with E-state index in [4.69, 9.17) is 9.97 Å². The summed E-state index contributed by atoms with van der Waals surface area (Å²) < 4.78 is 0. The fourth-order valence-corrected chi connectivity index (χ4v) is 4.41. The zero-order chi connectivity index (χ0) is 18.2. The van der Waals surface area contributed by atoms with Gasteiger partial charge in [0.1, 0.15) is 5.82 Å². The molecule has 2 bridgehead atoms. The van der Waals surface area contributed by atoms with Crippen molar-refractivity contribution in [3.63, 3.8) is 0 Å². The van der Waals surface area contributed by atoms with Crippen molar-refractivity contribution in [1.82, 2.24) is 25.5 Å². The third-order valence-electron chi connectivity index (χ3n) is 5.60. The van der Waals surface area contributed by atoms with Crippen molar-refractivity contribution in [3.05, 3.63) is 36.0 Å². The number of nitrogens with zero attached hydrogens (tertiary/aromatic N) is 3. The number of H-pyrrole nitrogens is 1. The van der Waals surface area contributed by atoms with E-state index in [1.807, 2.05) is 37.3 Å². The molecule has 27 heavy (non-hydrogen) atoms. The smallest absolute Gasteiger partial charge is 0.225 e. The van der Waals surface area contributed by atoms with E-state index in [-0.39, 0.29) is 0 Å². The second kappa shape index (κ2) is 6.81. The zero-order valence-corrected chi connectivity index (χ0v) is 15.5. The Hall–Kier alpha value is -2.67. The van der Waals surface area contributed by atoms with Gasteiger partial charge < -0.3 is 16.0 Å². The van der Waals surface area contributed by atoms with Crippen LogP contribution in [0, 0.1) is 6.92 Å². The lowest BCUT2D eigenvalue weighted by Crippen LogP contribution is -2.52. The normalized spacial score (nSPS) is 24.7. The summed E-state index contributed by atoms with van der Waals surface area (Å²) in [5, 5.41) is 18.9. The topological polar surface area (TPSA) is 90.6 Å². The first-order valence-electron chi connectivity index (χ1n) is 9.81. The third kappa shape index (κ3) is 3.47. The molecule has 2 atom stereocenters. The van der Waals surface area contributed by atoms with Crippen LogP contribution in [-0.2, 0) is 0 Å². The summed E-state index contributed by atoms with van der Waals surface area (Å²) in [6, 6.07) is 11.7. The highest BCUT2D eigenvalue weighted by Gasteiger charge is 2.31. The number of hydrogen-bond donors (Lipinski definition) is 4. The van der Waals surface area contributed by atoms with Gasteiger partial charge in [-0.15, -0.1) is 0 Å². The number of hydrogen-bond acceptors (Lipinski definition) is 6. The molecule has 2 saturated heterocycles. The van der Waals surface area contributed by atoms with Gasteiger partial charge in [0.2, 0.25) is 5.95 Å². The Kier molecular flexibility index (Phi) is 4.16. The van der Waals surface area contributed by atoms with Crippen LogP contribution in [0.3, 0.4) is 0 Å². The molecular weight excluding hydrogens is 338 g/mol. The second-order valence-electron chi connectivity index (χ2n) is 7.78. The summed E-state index contributed by atoms with van der Waals surface area (Å²) >= 11 is 0. The monoisotopic (exact) mass is 363 g/mol. The van der Waals surface area contributed by atoms with Crippen LogP contribution in [0.4, 0.5) is 17.6 Å². The summed E-state index contributed by atoms with van der Waals surface area (Å²) in [4.78, 5) is 9.55. The van der Waals surface area contributed by atoms with Gasteiger partial charge in [-0.2, -0.15) is 10.1 Å². The maximum atomic E-state index is 4.79. The van der Waals surface area contributed by atoms with Crippen molar-refractivity contribution >= 4 is 28.5 Å². The van der Waals surface area contributed by atoms with Crippen LogP contribution >= 0.6 is 0 Å². The number of piperidine rings is 2. The van der Waals surface area contributed by atoms with Crippen molar-refractivity contribution in [2.45, 2.75) is 57.2 Å². The molecule has 0 radical (unpaired) electrons. The number of nitrogens with one attached hydrogen (secondary N) is 4. The van der Waals surface area contributed by atoms with Crippen LogP contribution in [0.1, 0.15) is 37.8 Å². The van der Waals surface area contributed by atoms with Crippen LogP contribution in [0.5, 0.6) is 0 Å². The molecule has 4 N–H and O–H groups in total. The number of anilines is 3. The molecule has 0 aliphatic carbocycles. The van der Waals surface area contributed by atoms with Gasteiger partial charge in [0.15, 0.2) is 5.82 Å². The van der Waals surface area contributed by atoms with Crippen molar-refractivity contribution in [2.24, 2.45) is 0 Å². The van der Waals surface area contributed by atoms with Crippen molar-refractivity contribution in [2.75, 3.05) is 10.6 Å². The fourth-order valence-electron chi connectivity index (χ4n) is 4.41. The van der Waals surface area contributed by atoms with E-state index < -0.39 is 0 Å². The molecule has 7 nitrogen and oxygen atoms in total. The van der Waals surface area contributed by atoms with Crippen LogP contribution in [0.15, 0.2) is 30.3 Å². The molecule has 0 amide bonds. The molecule has 4 heterocycles. The molecule has 7 heteroatoms. The molecule has 2 unspecified atom stereocenters. The highest BCUT2D eigenvalue weighted by Crippen LogP contribution is 2.29. The minimum Gasteiger partial charge on any atom is -0.351 e. The van der Waals surface area contributed by atoms with Crippen molar-refractivity contribution in [3.8, 4) is 0 Å². The number of aromatic amines is 1. The minimum absolute atomic E-state index is 0.420. The maximum absolute atomic E-state index is 4.79. The number of para-hydroxylation sites is 1. The maximum Gasteiger partial charge on any atom is 0.225 e. The van der Waals surface area contributed by atoms with E-state index in [0.29, 0.717) is 24.1 Å². The Labute approximate surface area is 158 Å². The largest absolute Gasteiger partial charge is 0.351 e. The summed E-state index contributed by atoms with van der Waals surface area (Å²) in [6.45, 7) is 1.98. The standard InChI is InChI=1S/C20H25N7/c1-12-9-18(27-26-12)24-19-16-7-2-3-8-17(16)23-20(25-19)22-15-10-13-5-4-6-14(11-15)21-13/h2-3,7-9,13-15,21H,4-6,10-11H2,1H3,(H3,22,23,24,25,26,27). The first kappa shape index (κ1) is 16.5. The van der Waals surface area contributed by atoms with E-state index >= 15 is 0 Å². The zero-order valence-electron chi connectivity index (χ0n) is 15.5. The molecule has 2 aliphatic heterocycles. The van der Waals surface area contributed by atoms with Gasteiger partial charge in [0.25, 0.3) is 0 Å². The summed E-state index contributed by atoms with van der Waals surface area (Å²) in [5.41, 5.74) is 1.94. The molecule has 5 rings (SSSR count). The van der Waals surface area contributed by atoms with Crippen molar-refractivity contribution in [1.29, 1.82) is 0 Å². The number of aromatic nitrogens is 4. The Morgan fingerprint density at radius 2 is 1.89 bits per heavy atom. The van der Waals surface area contributed by atoms with Gasteiger partial charge in [-0.3, -0.25) is 5.10 Å². The van der Waals surface area contributed by atoms with Crippen LogP contribution < -0.4 is 16.0 Å². The molecule has 2 aliphatic rings. The van der Waals surface area contributed by atoms with Crippen LogP contribution in [0.25, 0.3) is 10.9 Å². The highest BCUT2D eigenvalue weighted by atomic mass is 15.2. The van der Waals surface area contributed by atoms with Crippen LogP contribution in [0.2, 0.25) is 0 Å². The van der Waals surface area contributed by atoms with Crippen molar-refractivity contribution < 1.29 is 0 Å². The number of benzene rings is 1. The summed E-state index contributed by atoms with van der Waals surface area (Å²) in [6.07, 6.45) is 6.16. The van der Waals surface area contributed by atoms with Gasteiger partial charge in [-0.25, -0.2) is 4.98 Å². The molecule has 2 fully saturated rings. The number of fused-ring (bicyclic) bond motifs is 3. The van der Waals surface area contributed by atoms with Gasteiger partial charge in [-0.1, -0.05) is 18.6 Å². The van der Waals surface area contributed by atoms with Gasteiger partial charge in [-0.05, 0) is 44.7 Å². The average Bonchev–Trinajstić information content (AvgIpc) is 3.06. The third-order valence-corrected chi connectivity index (χ3v) is 5.60. The molecule has 0 spiro atoms. The first-order chi connectivity index (χ1) is 13.2. The molecule has 3 aromatic rings. The Morgan fingerprint density at radius 1 is 1.07 bits per heavy atom. The summed E-state index contributed by atoms with van der Waals surface area (Å²) in [7, 11) is 0. The Morgan fingerprint density at radius 3 is 2.67 bits per heavy atom. The van der Waals surface area contributed by atoms with E-state index in [0.717, 1.165) is 41.1 Å². The van der Waals surface area contributed by atoms with Gasteiger partial charge in [0.05, 0.1) is 5.52 Å². The molecular formula is C20H25N7. The van der Waals surface area contributed by atoms with E-state index in [1.54, 1.807) is 0 Å². The van der Waals surface area contributed by atoms with E-state index in [2.05, 4.69) is 26.1 Å². The number of aryl methyl sites for hydroxylation is 1. The van der Waals surface area contributed by atoms with Gasteiger partial charge in [0, 0.05) is 35.3 Å². The fraction of sp³-hybridized carbons (Fsp3) is 0.450. The Bertz CT molecular complexity index is 938. The first-order valence-corrected chi connectivity index (χ1v) is 9.81. The second-order valence-corrected chi connectivity index (χ2v) is 7.78. The van der Waals surface area contributed by atoms with Crippen LogP contribution in [-0.4, -0.2) is 38.3 Å². The summed E-state index contributed by atoms with van der Waals surface area (Å²) in [5.74, 6) is 2.23. The van der Waals surface area contributed by atoms with E-state index in [1.165, 1.54) is 19.3 Å². The van der Waals surface area contributed by atoms with Gasteiger partial charge >= 0.3 is 0 Å². The average molecular weight is 363 g/mol. The van der Waals surface area contributed by atoms with E-state index in [9.17, 15) is 0 Å². The molecule has 2 aromatic heterocycles. The molecule has 0 saturated carbocycles. The predicted octanol–water partition coefficient (Wildman–Crippen LogP) is 3.49. The molecule has 140 valence electrons. The lowest BCUT2D eigenvalue weighted by atomic mass is 9.84. The highest BCUT2D eigenvalue weighted by molar-refractivity contribution is 5.91. The quantitative estimate of drug-likeness (QED) is 0.567.